The molecule has 1 saturated heterocycles. The van der Waals surface area contributed by atoms with Crippen molar-refractivity contribution in [2.24, 2.45) is 11.8 Å². The number of aliphatic hydroxyl groups excluding tert-OH is 1. The minimum absolute atomic E-state index is 0.165. The van der Waals surface area contributed by atoms with E-state index in [9.17, 15) is 5.11 Å². The number of likely N-dealkylation sites (N-methyl/N-ethyl adjacent to an activating group) is 1. The van der Waals surface area contributed by atoms with Crippen molar-refractivity contribution in [3.05, 3.63) is 35.9 Å². The minimum Gasteiger partial charge on any atom is -0.387 e. The molecule has 0 bridgehead atoms. The smallest absolute Gasteiger partial charge is 0.0947 e. The molecule has 1 aliphatic heterocycles. The average molecular weight is 290 g/mol. The van der Waals surface area contributed by atoms with E-state index in [4.69, 9.17) is 0 Å². The summed E-state index contributed by atoms with van der Waals surface area (Å²) >= 11 is 0. The molecule has 118 valence electrons. The van der Waals surface area contributed by atoms with E-state index in [2.05, 4.69) is 37.7 Å². The molecule has 21 heavy (non-hydrogen) atoms. The number of hydrogen-bond acceptors (Lipinski definition) is 3. The van der Waals surface area contributed by atoms with E-state index in [1.165, 1.54) is 19.5 Å². The molecule has 1 fully saturated rings. The van der Waals surface area contributed by atoms with Crippen LogP contribution in [0.15, 0.2) is 30.3 Å². The number of benzene rings is 1. The molecule has 0 saturated carbocycles. The Kier molecular flexibility index (Phi) is 5.80. The molecule has 1 N–H and O–H groups in total. The molecule has 3 atom stereocenters. The summed E-state index contributed by atoms with van der Waals surface area (Å²) in [5.74, 6) is 1.15. The van der Waals surface area contributed by atoms with Gasteiger partial charge in [-0.2, -0.15) is 0 Å². The standard InChI is InChI=1S/C18H30N2O/c1-14(2)17(18(21)16-8-6-5-7-9-16)20(4)13-15-10-11-19(3)12-15/h5-9,14-15,17-18,21H,10-13H2,1-4H3. The van der Waals surface area contributed by atoms with Crippen LogP contribution in [0.1, 0.15) is 31.9 Å². The average Bonchev–Trinajstić information content (AvgIpc) is 2.84. The van der Waals surface area contributed by atoms with Crippen LogP contribution in [-0.2, 0) is 0 Å². The van der Waals surface area contributed by atoms with Crippen molar-refractivity contribution < 1.29 is 5.11 Å². The lowest BCUT2D eigenvalue weighted by Gasteiger charge is -2.36. The van der Waals surface area contributed by atoms with Crippen molar-refractivity contribution in [1.82, 2.24) is 9.80 Å². The fourth-order valence-corrected chi connectivity index (χ4v) is 3.67. The number of aliphatic hydroxyl groups is 1. The molecule has 0 aromatic heterocycles. The number of nitrogens with zero attached hydrogens (tertiary/aromatic N) is 2. The Labute approximate surface area is 129 Å². The summed E-state index contributed by atoms with van der Waals surface area (Å²) in [7, 11) is 4.36. The third-order valence-corrected chi connectivity index (χ3v) is 4.69. The number of likely N-dealkylation sites (tertiary alicyclic amines) is 1. The second-order valence-corrected chi connectivity index (χ2v) is 6.95. The number of hydrogen-bond donors (Lipinski definition) is 1. The Hall–Kier alpha value is -0.900. The zero-order chi connectivity index (χ0) is 15.4. The van der Waals surface area contributed by atoms with Crippen LogP contribution in [0.25, 0.3) is 0 Å². The fourth-order valence-electron chi connectivity index (χ4n) is 3.67. The molecule has 3 nitrogen and oxygen atoms in total. The second kappa shape index (κ2) is 7.39. The molecule has 0 aliphatic carbocycles. The zero-order valence-corrected chi connectivity index (χ0v) is 13.9. The predicted molar refractivity (Wildman–Crippen MR) is 88.3 cm³/mol. The van der Waals surface area contributed by atoms with E-state index in [0.29, 0.717) is 5.92 Å². The number of rotatable bonds is 6. The highest BCUT2D eigenvalue weighted by Crippen LogP contribution is 2.27. The van der Waals surface area contributed by atoms with Gasteiger partial charge in [0.1, 0.15) is 0 Å². The van der Waals surface area contributed by atoms with Gasteiger partial charge in [-0.05, 0) is 44.5 Å². The third-order valence-electron chi connectivity index (χ3n) is 4.69. The van der Waals surface area contributed by atoms with Gasteiger partial charge in [-0.25, -0.2) is 0 Å². The summed E-state index contributed by atoms with van der Waals surface area (Å²) in [5, 5.41) is 10.8. The van der Waals surface area contributed by atoms with Crippen LogP contribution < -0.4 is 0 Å². The van der Waals surface area contributed by atoms with Gasteiger partial charge in [0.25, 0.3) is 0 Å². The fraction of sp³-hybridized carbons (Fsp3) is 0.667. The maximum atomic E-state index is 10.8. The Morgan fingerprint density at radius 1 is 1.29 bits per heavy atom. The van der Waals surface area contributed by atoms with E-state index in [1.54, 1.807) is 0 Å². The van der Waals surface area contributed by atoms with Gasteiger partial charge >= 0.3 is 0 Å². The maximum absolute atomic E-state index is 10.8. The van der Waals surface area contributed by atoms with Gasteiger partial charge < -0.3 is 10.0 Å². The Morgan fingerprint density at radius 2 is 1.95 bits per heavy atom. The normalized spacial score (nSPS) is 22.9. The van der Waals surface area contributed by atoms with Gasteiger partial charge in [0.15, 0.2) is 0 Å². The van der Waals surface area contributed by atoms with Crippen LogP contribution >= 0.6 is 0 Å². The minimum atomic E-state index is -0.421. The molecule has 1 aromatic carbocycles. The SMILES string of the molecule is CC(C)C(C(O)c1ccccc1)N(C)CC1CCN(C)C1. The highest BCUT2D eigenvalue weighted by Gasteiger charge is 2.30. The van der Waals surface area contributed by atoms with Crippen LogP contribution in [0.2, 0.25) is 0 Å². The molecule has 0 spiro atoms. The van der Waals surface area contributed by atoms with Gasteiger partial charge in [-0.1, -0.05) is 44.2 Å². The van der Waals surface area contributed by atoms with Crippen molar-refractivity contribution in [3.8, 4) is 0 Å². The second-order valence-electron chi connectivity index (χ2n) is 6.95. The molecule has 1 aromatic rings. The van der Waals surface area contributed by atoms with E-state index < -0.39 is 6.10 Å². The maximum Gasteiger partial charge on any atom is 0.0947 e. The van der Waals surface area contributed by atoms with Crippen LogP contribution in [0.5, 0.6) is 0 Å². The van der Waals surface area contributed by atoms with Gasteiger partial charge in [0, 0.05) is 19.1 Å². The van der Waals surface area contributed by atoms with Crippen molar-refractivity contribution in [3.63, 3.8) is 0 Å². The lowest BCUT2D eigenvalue weighted by molar-refractivity contribution is 0.0296. The lowest BCUT2D eigenvalue weighted by Crippen LogP contribution is -2.43. The summed E-state index contributed by atoms with van der Waals surface area (Å²) in [6, 6.07) is 10.2. The van der Waals surface area contributed by atoms with E-state index in [1.807, 2.05) is 30.3 Å². The van der Waals surface area contributed by atoms with Crippen LogP contribution in [-0.4, -0.2) is 54.7 Å². The van der Waals surface area contributed by atoms with E-state index in [-0.39, 0.29) is 6.04 Å². The van der Waals surface area contributed by atoms with Crippen LogP contribution in [0, 0.1) is 11.8 Å². The van der Waals surface area contributed by atoms with Gasteiger partial charge in [-0.3, -0.25) is 4.90 Å². The van der Waals surface area contributed by atoms with Crippen molar-refractivity contribution in [1.29, 1.82) is 0 Å². The Balaban J connectivity index is 2.04. The molecule has 3 unspecified atom stereocenters. The molecular formula is C18H30N2O. The molecule has 1 aliphatic rings. The van der Waals surface area contributed by atoms with Crippen LogP contribution in [0.4, 0.5) is 0 Å². The van der Waals surface area contributed by atoms with Crippen molar-refractivity contribution in [2.75, 3.05) is 33.7 Å². The first-order chi connectivity index (χ1) is 9.99. The summed E-state index contributed by atoms with van der Waals surface area (Å²) < 4.78 is 0. The van der Waals surface area contributed by atoms with E-state index in [0.717, 1.165) is 18.0 Å². The summed E-state index contributed by atoms with van der Waals surface area (Å²) in [5.41, 5.74) is 1.02. The van der Waals surface area contributed by atoms with Gasteiger partial charge in [0.2, 0.25) is 0 Å². The lowest BCUT2D eigenvalue weighted by atomic mass is 9.91. The quantitative estimate of drug-likeness (QED) is 0.872. The molecular weight excluding hydrogens is 260 g/mol. The molecule has 2 rings (SSSR count). The summed E-state index contributed by atoms with van der Waals surface area (Å²) in [6.45, 7) is 7.85. The van der Waals surface area contributed by atoms with E-state index >= 15 is 0 Å². The Morgan fingerprint density at radius 3 is 2.48 bits per heavy atom. The summed E-state index contributed by atoms with van der Waals surface area (Å²) in [6.07, 6.45) is 0.850. The molecule has 0 radical (unpaired) electrons. The zero-order valence-electron chi connectivity index (χ0n) is 13.9. The first kappa shape index (κ1) is 16.5. The Bertz CT molecular complexity index is 420. The highest BCUT2D eigenvalue weighted by atomic mass is 16.3. The largest absolute Gasteiger partial charge is 0.387 e. The van der Waals surface area contributed by atoms with Crippen molar-refractivity contribution >= 4 is 0 Å². The van der Waals surface area contributed by atoms with Gasteiger partial charge in [-0.15, -0.1) is 0 Å². The first-order valence-corrected chi connectivity index (χ1v) is 8.10. The predicted octanol–water partition coefficient (Wildman–Crippen LogP) is 2.63. The molecule has 1 heterocycles. The first-order valence-electron chi connectivity index (χ1n) is 8.10. The van der Waals surface area contributed by atoms with Crippen LogP contribution in [0.3, 0.4) is 0 Å². The molecule has 0 amide bonds. The van der Waals surface area contributed by atoms with Crippen molar-refractivity contribution in [2.45, 2.75) is 32.4 Å². The highest BCUT2D eigenvalue weighted by molar-refractivity contribution is 5.19. The van der Waals surface area contributed by atoms with Gasteiger partial charge in [0.05, 0.1) is 6.10 Å². The monoisotopic (exact) mass is 290 g/mol. The third kappa shape index (κ3) is 4.29. The topological polar surface area (TPSA) is 26.7 Å². The summed E-state index contributed by atoms with van der Waals surface area (Å²) in [4.78, 5) is 4.77. The molecule has 3 heteroatoms.